The highest BCUT2D eigenvalue weighted by atomic mass is 35.5. The molecule has 2 N–H and O–H groups in total. The van der Waals surface area contributed by atoms with E-state index in [1.54, 1.807) is 0 Å². The second-order valence-corrected chi connectivity index (χ2v) is 7.88. The van der Waals surface area contributed by atoms with Crippen molar-refractivity contribution in [3.8, 4) is 0 Å². The van der Waals surface area contributed by atoms with Crippen LogP contribution in [0.4, 0.5) is 0 Å². The molecule has 2 fully saturated rings. The highest BCUT2D eigenvalue weighted by Crippen LogP contribution is 2.42. The molecule has 2 aliphatic rings. The first-order chi connectivity index (χ1) is 11.1. The molecule has 1 aromatic carbocycles. The zero-order valence-electron chi connectivity index (χ0n) is 14.1. The van der Waals surface area contributed by atoms with Crippen LogP contribution in [0.3, 0.4) is 0 Å². The highest BCUT2D eigenvalue weighted by Gasteiger charge is 2.41. The van der Waals surface area contributed by atoms with Gasteiger partial charge in [0, 0.05) is 43.7 Å². The fraction of sp³-hybridized carbons (Fsp3) is 0.684. The van der Waals surface area contributed by atoms with Crippen LogP contribution in [0.15, 0.2) is 24.3 Å². The predicted octanol–water partition coefficient (Wildman–Crippen LogP) is 3.27. The van der Waals surface area contributed by atoms with Gasteiger partial charge in [-0.05, 0) is 49.3 Å². The molecule has 4 heteroatoms. The van der Waals surface area contributed by atoms with E-state index in [2.05, 4.69) is 23.2 Å². The fourth-order valence-corrected chi connectivity index (χ4v) is 4.27. The van der Waals surface area contributed by atoms with Gasteiger partial charge in [0.15, 0.2) is 0 Å². The van der Waals surface area contributed by atoms with Gasteiger partial charge in [0.25, 0.3) is 0 Å². The van der Waals surface area contributed by atoms with Crippen LogP contribution in [-0.4, -0.2) is 48.3 Å². The number of hydrogen-bond acceptors (Lipinski definition) is 3. The second kappa shape index (κ2) is 7.52. The van der Waals surface area contributed by atoms with Crippen LogP contribution in [-0.2, 0) is 0 Å². The van der Waals surface area contributed by atoms with Gasteiger partial charge in [-0.3, -0.25) is 0 Å². The molecule has 0 bridgehead atoms. The topological polar surface area (TPSA) is 35.5 Å². The van der Waals surface area contributed by atoms with Gasteiger partial charge < -0.3 is 15.3 Å². The molecule has 1 heterocycles. The van der Waals surface area contributed by atoms with Crippen molar-refractivity contribution in [1.29, 1.82) is 0 Å². The summed E-state index contributed by atoms with van der Waals surface area (Å²) in [5.74, 6) is 0.876. The minimum absolute atomic E-state index is 0.145. The van der Waals surface area contributed by atoms with E-state index in [-0.39, 0.29) is 5.92 Å². The summed E-state index contributed by atoms with van der Waals surface area (Å²) in [7, 11) is 0. The summed E-state index contributed by atoms with van der Waals surface area (Å²) in [4.78, 5) is 2.48. The third kappa shape index (κ3) is 4.27. The van der Waals surface area contributed by atoms with Gasteiger partial charge in [0.05, 0.1) is 5.60 Å². The largest absolute Gasteiger partial charge is 0.389 e. The molecule has 0 amide bonds. The molecule has 0 spiro atoms. The van der Waals surface area contributed by atoms with E-state index in [1.807, 2.05) is 18.2 Å². The maximum atomic E-state index is 11.4. The van der Waals surface area contributed by atoms with Crippen molar-refractivity contribution in [1.82, 2.24) is 10.2 Å². The van der Waals surface area contributed by atoms with Gasteiger partial charge in [0.1, 0.15) is 0 Å². The van der Waals surface area contributed by atoms with Crippen LogP contribution < -0.4 is 5.32 Å². The Balaban J connectivity index is 1.83. The van der Waals surface area contributed by atoms with Gasteiger partial charge in [-0.1, -0.05) is 30.7 Å². The first-order valence-corrected chi connectivity index (χ1v) is 9.35. The lowest BCUT2D eigenvalue weighted by atomic mass is 9.70. The Bertz CT molecular complexity index is 508. The number of nitrogens with one attached hydrogen (secondary N) is 1. The van der Waals surface area contributed by atoms with E-state index >= 15 is 0 Å². The molecule has 1 aliphatic carbocycles. The summed E-state index contributed by atoms with van der Waals surface area (Å²) in [5, 5.41) is 15.6. The lowest BCUT2D eigenvalue weighted by Crippen LogP contribution is -2.50. The van der Waals surface area contributed by atoms with Gasteiger partial charge >= 0.3 is 0 Å². The summed E-state index contributed by atoms with van der Waals surface area (Å²) in [6, 6.07) is 8.11. The number of halogens is 1. The minimum Gasteiger partial charge on any atom is -0.389 e. The van der Waals surface area contributed by atoms with Gasteiger partial charge in [-0.15, -0.1) is 0 Å². The van der Waals surface area contributed by atoms with Gasteiger partial charge in [-0.2, -0.15) is 0 Å². The van der Waals surface area contributed by atoms with Gasteiger partial charge in [0.2, 0.25) is 0 Å². The SMILES string of the molecule is CC1CCC(O)(C(CN2CCNCC2)c2cccc(Cl)c2)CC1. The highest BCUT2D eigenvalue weighted by molar-refractivity contribution is 6.30. The van der Waals surface area contributed by atoms with Crippen molar-refractivity contribution in [2.24, 2.45) is 5.92 Å². The molecule has 128 valence electrons. The molecule has 0 radical (unpaired) electrons. The monoisotopic (exact) mass is 336 g/mol. The van der Waals surface area contributed by atoms with E-state index in [4.69, 9.17) is 11.6 Å². The van der Waals surface area contributed by atoms with Crippen LogP contribution in [0.2, 0.25) is 5.02 Å². The van der Waals surface area contributed by atoms with Crippen LogP contribution >= 0.6 is 11.6 Å². The second-order valence-electron chi connectivity index (χ2n) is 7.44. The minimum atomic E-state index is -0.595. The number of piperazine rings is 1. The van der Waals surface area contributed by atoms with E-state index in [0.717, 1.165) is 69.3 Å². The lowest BCUT2D eigenvalue weighted by molar-refractivity contribution is -0.0406. The molecular formula is C19H29ClN2O. The predicted molar refractivity (Wildman–Crippen MR) is 96.1 cm³/mol. The van der Waals surface area contributed by atoms with Crippen molar-refractivity contribution in [3.63, 3.8) is 0 Å². The maximum absolute atomic E-state index is 11.4. The van der Waals surface area contributed by atoms with Crippen molar-refractivity contribution in [3.05, 3.63) is 34.9 Å². The summed E-state index contributed by atoms with van der Waals surface area (Å²) in [6.07, 6.45) is 4.04. The Morgan fingerprint density at radius 1 is 1.30 bits per heavy atom. The molecule has 1 saturated heterocycles. The van der Waals surface area contributed by atoms with Crippen molar-refractivity contribution in [2.75, 3.05) is 32.7 Å². The van der Waals surface area contributed by atoms with Crippen LogP contribution in [0.1, 0.15) is 44.1 Å². The molecule has 23 heavy (non-hydrogen) atoms. The van der Waals surface area contributed by atoms with E-state index < -0.39 is 5.60 Å². The number of benzene rings is 1. The number of rotatable bonds is 4. The molecule has 3 nitrogen and oxygen atoms in total. The van der Waals surface area contributed by atoms with Crippen LogP contribution in [0.25, 0.3) is 0 Å². The normalized spacial score (nSPS) is 31.0. The standard InChI is InChI=1S/C19H29ClN2O/c1-15-5-7-19(23,8-6-15)18(14-22-11-9-21-10-12-22)16-3-2-4-17(20)13-16/h2-4,13,15,18,21,23H,5-12,14H2,1H3. The number of nitrogens with zero attached hydrogens (tertiary/aromatic N) is 1. The summed E-state index contributed by atoms with van der Waals surface area (Å²) in [6.45, 7) is 7.42. The lowest BCUT2D eigenvalue weighted by Gasteiger charge is -2.44. The molecule has 1 aliphatic heterocycles. The van der Waals surface area contributed by atoms with Gasteiger partial charge in [-0.25, -0.2) is 0 Å². The molecule has 1 atom stereocenters. The first-order valence-electron chi connectivity index (χ1n) is 8.98. The fourth-order valence-electron chi connectivity index (χ4n) is 4.07. The van der Waals surface area contributed by atoms with Crippen LogP contribution in [0.5, 0.6) is 0 Å². The average molecular weight is 337 g/mol. The Morgan fingerprint density at radius 2 is 2.00 bits per heavy atom. The van der Waals surface area contributed by atoms with E-state index in [1.165, 1.54) is 5.56 Å². The third-order valence-corrected chi connectivity index (χ3v) is 5.93. The molecule has 1 unspecified atom stereocenters. The number of aliphatic hydroxyl groups is 1. The summed E-state index contributed by atoms with van der Waals surface area (Å²) in [5.41, 5.74) is 0.593. The maximum Gasteiger partial charge on any atom is 0.0728 e. The van der Waals surface area contributed by atoms with E-state index in [0.29, 0.717) is 0 Å². The zero-order chi connectivity index (χ0) is 16.3. The Morgan fingerprint density at radius 3 is 2.65 bits per heavy atom. The number of hydrogen-bond donors (Lipinski definition) is 2. The van der Waals surface area contributed by atoms with E-state index in [9.17, 15) is 5.11 Å². The van der Waals surface area contributed by atoms with Crippen molar-refractivity contribution < 1.29 is 5.11 Å². The molecule has 1 aromatic rings. The summed E-state index contributed by atoms with van der Waals surface area (Å²) >= 11 is 6.23. The molecular weight excluding hydrogens is 308 g/mol. The molecule has 3 rings (SSSR count). The third-order valence-electron chi connectivity index (χ3n) is 5.69. The molecule has 1 saturated carbocycles. The van der Waals surface area contributed by atoms with Crippen molar-refractivity contribution in [2.45, 2.75) is 44.1 Å². The average Bonchev–Trinajstić information content (AvgIpc) is 2.56. The first kappa shape index (κ1) is 17.2. The Labute approximate surface area is 145 Å². The summed E-state index contributed by atoms with van der Waals surface area (Å²) < 4.78 is 0. The Kier molecular flexibility index (Phi) is 5.63. The van der Waals surface area contributed by atoms with Crippen molar-refractivity contribution >= 4 is 11.6 Å². The van der Waals surface area contributed by atoms with Crippen LogP contribution in [0, 0.1) is 5.92 Å². The quantitative estimate of drug-likeness (QED) is 0.885. The zero-order valence-corrected chi connectivity index (χ0v) is 14.9. The Hall–Kier alpha value is -0.610. The molecule has 0 aromatic heterocycles. The smallest absolute Gasteiger partial charge is 0.0728 e.